The average Bonchev–Trinajstić information content (AvgIpc) is 2.75. The molecule has 0 radical (unpaired) electrons. The first kappa shape index (κ1) is 8.85. The molecule has 1 aromatic rings. The largest absolute Gasteiger partial charge is 0.479 e. The first-order valence-corrected chi connectivity index (χ1v) is 4.85. The number of hydrogen-bond acceptors (Lipinski definition) is 2. The lowest BCUT2D eigenvalue weighted by Gasteiger charge is -2.21. The summed E-state index contributed by atoms with van der Waals surface area (Å²) in [6.07, 6.45) is 0.774. The second-order valence-electron chi connectivity index (χ2n) is 3.98. The van der Waals surface area contributed by atoms with E-state index in [0.29, 0.717) is 18.4 Å². The molecule has 2 bridgehead atoms. The van der Waals surface area contributed by atoms with Crippen LogP contribution in [0.1, 0.15) is 30.1 Å². The van der Waals surface area contributed by atoms with Crippen molar-refractivity contribution in [3.63, 3.8) is 0 Å². The lowest BCUT2D eigenvalue weighted by molar-refractivity contribution is -0.162. The van der Waals surface area contributed by atoms with Crippen LogP contribution in [-0.2, 0) is 15.1 Å². The number of ether oxygens (including phenoxy) is 1. The highest BCUT2D eigenvalue weighted by Gasteiger charge is 2.57. The molecule has 3 nitrogen and oxygen atoms in total. The molecular formula is C11H9FO3. The van der Waals surface area contributed by atoms with Crippen LogP contribution in [0.5, 0.6) is 0 Å². The third kappa shape index (κ3) is 0.899. The maximum Gasteiger partial charge on any atom is 0.340 e. The molecular weight excluding hydrogens is 199 g/mol. The number of carbonyl (C=O) groups is 1. The van der Waals surface area contributed by atoms with Gasteiger partial charge < -0.3 is 9.84 Å². The molecule has 15 heavy (non-hydrogen) atoms. The quantitative estimate of drug-likeness (QED) is 0.767. The smallest absolute Gasteiger partial charge is 0.340 e. The highest BCUT2D eigenvalue weighted by molar-refractivity contribution is 5.82. The normalized spacial score (nSPS) is 31.7. The van der Waals surface area contributed by atoms with E-state index in [9.17, 15) is 9.18 Å². The monoisotopic (exact) mass is 208 g/mol. The van der Waals surface area contributed by atoms with Crippen LogP contribution in [0.15, 0.2) is 18.2 Å². The summed E-state index contributed by atoms with van der Waals surface area (Å²) >= 11 is 0. The van der Waals surface area contributed by atoms with Crippen LogP contribution < -0.4 is 0 Å². The molecule has 3 rings (SSSR count). The Labute approximate surface area is 85.5 Å². The van der Waals surface area contributed by atoms with E-state index in [-0.39, 0.29) is 11.7 Å². The predicted molar refractivity (Wildman–Crippen MR) is 48.8 cm³/mol. The number of benzene rings is 1. The predicted octanol–water partition coefficient (Wildman–Crippen LogP) is 1.97. The van der Waals surface area contributed by atoms with Crippen molar-refractivity contribution in [3.05, 3.63) is 35.1 Å². The zero-order chi connectivity index (χ0) is 10.6. The number of fused-ring (bicyclic) bond motifs is 5. The summed E-state index contributed by atoms with van der Waals surface area (Å²) in [5, 5.41) is 9.17. The zero-order valence-corrected chi connectivity index (χ0v) is 7.87. The van der Waals surface area contributed by atoms with E-state index in [2.05, 4.69) is 0 Å². The van der Waals surface area contributed by atoms with Crippen LogP contribution in [0.25, 0.3) is 0 Å². The maximum absolute atomic E-state index is 13.6. The van der Waals surface area contributed by atoms with Crippen molar-refractivity contribution in [1.29, 1.82) is 0 Å². The maximum atomic E-state index is 13.6. The van der Waals surface area contributed by atoms with Crippen molar-refractivity contribution in [1.82, 2.24) is 0 Å². The molecule has 4 heteroatoms. The molecule has 2 heterocycles. The lowest BCUT2D eigenvalue weighted by atomic mass is 9.82. The Morgan fingerprint density at radius 1 is 1.60 bits per heavy atom. The number of hydrogen-bond donors (Lipinski definition) is 1. The number of carboxylic acid groups (broad SMARTS) is 1. The van der Waals surface area contributed by atoms with Crippen molar-refractivity contribution >= 4 is 5.97 Å². The Bertz CT molecular complexity index is 457. The van der Waals surface area contributed by atoms with Crippen LogP contribution in [0.4, 0.5) is 4.39 Å². The van der Waals surface area contributed by atoms with Gasteiger partial charge in [-0.3, -0.25) is 0 Å². The van der Waals surface area contributed by atoms with Gasteiger partial charge in [-0.05, 0) is 24.5 Å². The van der Waals surface area contributed by atoms with Gasteiger partial charge in [0.2, 0.25) is 0 Å². The Kier molecular flexibility index (Phi) is 1.52. The minimum absolute atomic E-state index is 0.230. The molecule has 1 saturated heterocycles. The minimum atomic E-state index is -1.43. The van der Waals surface area contributed by atoms with E-state index in [1.54, 1.807) is 12.1 Å². The van der Waals surface area contributed by atoms with Crippen LogP contribution >= 0.6 is 0 Å². The molecule has 0 aliphatic carbocycles. The highest BCUT2D eigenvalue weighted by atomic mass is 19.1. The molecule has 1 N–H and O–H groups in total. The number of carboxylic acids is 1. The van der Waals surface area contributed by atoms with Crippen molar-refractivity contribution in [2.75, 3.05) is 0 Å². The van der Waals surface area contributed by atoms with Gasteiger partial charge in [-0.15, -0.1) is 0 Å². The van der Waals surface area contributed by atoms with Crippen molar-refractivity contribution in [2.24, 2.45) is 0 Å². The first-order chi connectivity index (χ1) is 7.15. The van der Waals surface area contributed by atoms with E-state index >= 15 is 0 Å². The number of halogens is 1. The van der Waals surface area contributed by atoms with Gasteiger partial charge in [0.05, 0.1) is 6.10 Å². The van der Waals surface area contributed by atoms with Gasteiger partial charge >= 0.3 is 5.97 Å². The molecule has 0 unspecified atom stereocenters. The molecule has 0 saturated carbocycles. The Morgan fingerprint density at radius 3 is 3.13 bits per heavy atom. The molecule has 0 aromatic heterocycles. The van der Waals surface area contributed by atoms with Crippen molar-refractivity contribution in [2.45, 2.75) is 24.5 Å². The molecule has 0 spiro atoms. The van der Waals surface area contributed by atoms with Gasteiger partial charge in [-0.1, -0.05) is 12.1 Å². The molecule has 2 aliphatic heterocycles. The minimum Gasteiger partial charge on any atom is -0.479 e. The summed E-state index contributed by atoms with van der Waals surface area (Å²) in [7, 11) is 0. The third-order valence-electron chi connectivity index (χ3n) is 3.24. The average molecular weight is 208 g/mol. The molecule has 1 fully saturated rings. The summed E-state index contributed by atoms with van der Waals surface area (Å²) in [4.78, 5) is 11.2. The molecule has 2 atom stereocenters. The third-order valence-corrected chi connectivity index (χ3v) is 3.24. The second-order valence-corrected chi connectivity index (χ2v) is 3.98. The molecule has 2 aliphatic rings. The fraction of sp³-hybridized carbons (Fsp3) is 0.364. The molecule has 78 valence electrons. The van der Waals surface area contributed by atoms with Crippen molar-refractivity contribution in [3.8, 4) is 0 Å². The topological polar surface area (TPSA) is 46.5 Å². The summed E-state index contributed by atoms with van der Waals surface area (Å²) in [5.74, 6) is -1.56. The fourth-order valence-electron chi connectivity index (χ4n) is 2.60. The summed E-state index contributed by atoms with van der Waals surface area (Å²) < 4.78 is 19.0. The van der Waals surface area contributed by atoms with Crippen LogP contribution in [-0.4, -0.2) is 11.1 Å². The van der Waals surface area contributed by atoms with Gasteiger partial charge in [0.15, 0.2) is 5.60 Å². The molecule has 0 amide bonds. The van der Waals surface area contributed by atoms with Gasteiger partial charge in [0, 0.05) is 5.56 Å². The van der Waals surface area contributed by atoms with E-state index in [1.165, 1.54) is 6.07 Å². The Hall–Kier alpha value is -1.42. The highest BCUT2D eigenvalue weighted by Crippen LogP contribution is 2.55. The van der Waals surface area contributed by atoms with Gasteiger partial charge in [-0.2, -0.15) is 0 Å². The van der Waals surface area contributed by atoms with E-state index in [0.717, 1.165) is 0 Å². The Balaban J connectivity index is 2.29. The SMILES string of the molecule is O=C(O)[C@]12CC[C@H](O1)c1cccc(F)c12. The first-order valence-electron chi connectivity index (χ1n) is 4.85. The van der Waals surface area contributed by atoms with E-state index < -0.39 is 17.4 Å². The lowest BCUT2D eigenvalue weighted by Crippen LogP contribution is -2.34. The van der Waals surface area contributed by atoms with E-state index in [4.69, 9.17) is 9.84 Å². The second kappa shape index (κ2) is 2.58. The Morgan fingerprint density at radius 2 is 2.40 bits per heavy atom. The molecule has 1 aromatic carbocycles. The summed E-state index contributed by atoms with van der Waals surface area (Å²) in [6, 6.07) is 4.62. The van der Waals surface area contributed by atoms with Crippen LogP contribution in [0, 0.1) is 5.82 Å². The number of aliphatic carboxylic acids is 1. The number of rotatable bonds is 1. The van der Waals surface area contributed by atoms with E-state index in [1.807, 2.05) is 0 Å². The van der Waals surface area contributed by atoms with Crippen LogP contribution in [0.3, 0.4) is 0 Å². The standard InChI is InChI=1S/C11H9FO3/c12-7-3-1-2-6-8-4-5-11(15-8,9(6)7)10(13)14/h1-3,8H,4-5H2,(H,13,14)/t8-,11+/m0/s1. The summed E-state index contributed by atoms with van der Waals surface area (Å²) in [5.41, 5.74) is -0.497. The summed E-state index contributed by atoms with van der Waals surface area (Å²) in [6.45, 7) is 0. The zero-order valence-electron chi connectivity index (χ0n) is 7.87. The van der Waals surface area contributed by atoms with Crippen molar-refractivity contribution < 1.29 is 19.0 Å². The van der Waals surface area contributed by atoms with Gasteiger partial charge in [-0.25, -0.2) is 9.18 Å². The fourth-order valence-corrected chi connectivity index (χ4v) is 2.60. The van der Waals surface area contributed by atoms with Gasteiger partial charge in [0.25, 0.3) is 0 Å². The van der Waals surface area contributed by atoms with Gasteiger partial charge in [0.1, 0.15) is 5.82 Å². The van der Waals surface area contributed by atoms with Crippen LogP contribution in [0.2, 0.25) is 0 Å².